The molecule has 0 spiro atoms. The fourth-order valence-electron chi connectivity index (χ4n) is 1.45. The first-order chi connectivity index (χ1) is 8.29. The molecule has 1 rings (SSSR count). The summed E-state index contributed by atoms with van der Waals surface area (Å²) in [6, 6.07) is 0. The number of sulfone groups is 1. The molecule has 1 N–H and O–H groups in total. The fourth-order valence-corrected chi connectivity index (χ4v) is 2.01. The third-order valence-corrected chi connectivity index (χ3v) is 3.67. The summed E-state index contributed by atoms with van der Waals surface area (Å²) in [5.41, 5.74) is 2.04. The number of hydrogen-bond acceptors (Lipinski definition) is 4. The maximum absolute atomic E-state index is 11.4. The van der Waals surface area contributed by atoms with Crippen molar-refractivity contribution in [2.24, 2.45) is 0 Å². The number of aromatic nitrogens is 2. The van der Waals surface area contributed by atoms with Gasteiger partial charge in [0.15, 0.2) is 0 Å². The Labute approximate surface area is 107 Å². The Morgan fingerprint density at radius 1 is 1.44 bits per heavy atom. The van der Waals surface area contributed by atoms with Crippen molar-refractivity contribution in [1.82, 2.24) is 14.9 Å². The van der Waals surface area contributed by atoms with Crippen LogP contribution in [0, 0.1) is 13.8 Å². The van der Waals surface area contributed by atoms with Crippen LogP contribution in [0.1, 0.15) is 17.8 Å². The number of imidazole rings is 1. The van der Waals surface area contributed by atoms with Crippen LogP contribution >= 0.6 is 0 Å². The highest BCUT2D eigenvalue weighted by Crippen LogP contribution is 2.02. The minimum atomic E-state index is -3.08. The lowest BCUT2D eigenvalue weighted by atomic mass is 10.4. The predicted molar refractivity (Wildman–Crippen MR) is 69.0 cm³/mol. The van der Waals surface area contributed by atoms with Crippen LogP contribution in [-0.2, 0) is 21.2 Å². The standard InChI is InChI=1S/C11H19N3O3S/c1-9-10(2)14(8-13-9)6-5-12-11(15)4-7-18(3,16)17/h8H,4-7H2,1-3H3,(H,12,15). The normalized spacial score (nSPS) is 11.5. The molecule has 0 aliphatic heterocycles. The van der Waals surface area contributed by atoms with Crippen molar-refractivity contribution in [1.29, 1.82) is 0 Å². The maximum atomic E-state index is 11.4. The largest absolute Gasteiger partial charge is 0.354 e. The first-order valence-electron chi connectivity index (χ1n) is 5.72. The molecule has 0 saturated carbocycles. The lowest BCUT2D eigenvalue weighted by Gasteiger charge is -2.07. The third-order valence-electron chi connectivity index (χ3n) is 2.72. The molecule has 0 atom stereocenters. The zero-order valence-corrected chi connectivity index (χ0v) is 11.7. The Morgan fingerprint density at radius 2 is 2.11 bits per heavy atom. The second-order valence-electron chi connectivity index (χ2n) is 4.34. The minimum Gasteiger partial charge on any atom is -0.354 e. The average Bonchev–Trinajstić information content (AvgIpc) is 2.57. The van der Waals surface area contributed by atoms with Gasteiger partial charge in [0, 0.05) is 31.5 Å². The molecule has 1 aromatic heterocycles. The fraction of sp³-hybridized carbons (Fsp3) is 0.636. The number of rotatable bonds is 6. The van der Waals surface area contributed by atoms with Crippen LogP contribution in [-0.4, -0.2) is 42.4 Å². The molecule has 0 fully saturated rings. The maximum Gasteiger partial charge on any atom is 0.221 e. The van der Waals surface area contributed by atoms with Gasteiger partial charge in [-0.2, -0.15) is 0 Å². The molecule has 102 valence electrons. The first-order valence-corrected chi connectivity index (χ1v) is 7.78. The molecule has 1 amide bonds. The zero-order chi connectivity index (χ0) is 13.8. The third kappa shape index (κ3) is 4.87. The Balaban J connectivity index is 2.30. The van der Waals surface area contributed by atoms with E-state index in [0.29, 0.717) is 13.1 Å². The molecule has 0 radical (unpaired) electrons. The van der Waals surface area contributed by atoms with E-state index in [1.165, 1.54) is 0 Å². The number of nitrogens with one attached hydrogen (secondary N) is 1. The van der Waals surface area contributed by atoms with E-state index in [0.717, 1.165) is 17.6 Å². The smallest absolute Gasteiger partial charge is 0.221 e. The summed E-state index contributed by atoms with van der Waals surface area (Å²) in [5, 5.41) is 2.69. The van der Waals surface area contributed by atoms with Crippen molar-refractivity contribution >= 4 is 15.7 Å². The highest BCUT2D eigenvalue weighted by Gasteiger charge is 2.07. The van der Waals surface area contributed by atoms with Crippen LogP contribution < -0.4 is 5.32 Å². The van der Waals surface area contributed by atoms with E-state index in [4.69, 9.17) is 0 Å². The van der Waals surface area contributed by atoms with E-state index >= 15 is 0 Å². The van der Waals surface area contributed by atoms with Gasteiger partial charge in [-0.05, 0) is 13.8 Å². The molecule has 18 heavy (non-hydrogen) atoms. The summed E-state index contributed by atoms with van der Waals surface area (Å²) < 4.78 is 23.7. The molecular formula is C11H19N3O3S. The molecule has 0 bridgehead atoms. The lowest BCUT2D eigenvalue weighted by molar-refractivity contribution is -0.120. The van der Waals surface area contributed by atoms with Crippen LogP contribution in [0.2, 0.25) is 0 Å². The average molecular weight is 273 g/mol. The Hall–Kier alpha value is -1.37. The van der Waals surface area contributed by atoms with Crippen molar-refractivity contribution in [3.8, 4) is 0 Å². The van der Waals surface area contributed by atoms with E-state index in [1.54, 1.807) is 6.33 Å². The van der Waals surface area contributed by atoms with E-state index in [-0.39, 0.29) is 18.1 Å². The van der Waals surface area contributed by atoms with Gasteiger partial charge in [-0.15, -0.1) is 0 Å². The number of aryl methyl sites for hydroxylation is 1. The van der Waals surface area contributed by atoms with Crippen molar-refractivity contribution in [3.05, 3.63) is 17.7 Å². The quantitative estimate of drug-likeness (QED) is 0.794. The second-order valence-corrected chi connectivity index (χ2v) is 6.60. The molecule has 1 heterocycles. The summed E-state index contributed by atoms with van der Waals surface area (Å²) >= 11 is 0. The van der Waals surface area contributed by atoms with Gasteiger partial charge >= 0.3 is 0 Å². The summed E-state index contributed by atoms with van der Waals surface area (Å²) in [4.78, 5) is 15.5. The second kappa shape index (κ2) is 5.99. The van der Waals surface area contributed by atoms with Gasteiger partial charge in [-0.3, -0.25) is 4.79 Å². The topological polar surface area (TPSA) is 81.1 Å². The van der Waals surface area contributed by atoms with Crippen LogP contribution in [0.5, 0.6) is 0 Å². The molecule has 0 aliphatic rings. The summed E-state index contributed by atoms with van der Waals surface area (Å²) in [7, 11) is -3.08. The molecular weight excluding hydrogens is 254 g/mol. The predicted octanol–water partition coefficient (Wildman–Crippen LogP) is 0.0508. The SMILES string of the molecule is Cc1ncn(CCNC(=O)CCS(C)(=O)=O)c1C. The van der Waals surface area contributed by atoms with E-state index in [9.17, 15) is 13.2 Å². The van der Waals surface area contributed by atoms with Crippen LogP contribution in [0.15, 0.2) is 6.33 Å². The summed E-state index contributed by atoms with van der Waals surface area (Å²) in [5.74, 6) is -0.350. The van der Waals surface area contributed by atoms with E-state index in [1.807, 2.05) is 18.4 Å². The van der Waals surface area contributed by atoms with Crippen molar-refractivity contribution in [2.75, 3.05) is 18.6 Å². The molecule has 1 aromatic rings. The summed E-state index contributed by atoms with van der Waals surface area (Å²) in [6.07, 6.45) is 2.87. The van der Waals surface area contributed by atoms with Crippen LogP contribution in [0.25, 0.3) is 0 Å². The highest BCUT2D eigenvalue weighted by atomic mass is 32.2. The van der Waals surface area contributed by atoms with Gasteiger partial charge in [0.05, 0.1) is 17.8 Å². The number of hydrogen-bond donors (Lipinski definition) is 1. The number of carbonyl (C=O) groups is 1. The van der Waals surface area contributed by atoms with Crippen LogP contribution in [0.4, 0.5) is 0 Å². The van der Waals surface area contributed by atoms with Crippen molar-refractivity contribution < 1.29 is 13.2 Å². The van der Waals surface area contributed by atoms with Gasteiger partial charge in [-0.1, -0.05) is 0 Å². The van der Waals surface area contributed by atoms with E-state index in [2.05, 4.69) is 10.3 Å². The molecule has 0 aromatic carbocycles. The van der Waals surface area contributed by atoms with Crippen molar-refractivity contribution in [3.63, 3.8) is 0 Å². The Bertz CT molecular complexity index is 520. The zero-order valence-electron chi connectivity index (χ0n) is 10.9. The van der Waals surface area contributed by atoms with Crippen molar-refractivity contribution in [2.45, 2.75) is 26.8 Å². The molecule has 0 unspecified atom stereocenters. The molecule has 6 nitrogen and oxygen atoms in total. The molecule has 0 aliphatic carbocycles. The molecule has 7 heteroatoms. The monoisotopic (exact) mass is 273 g/mol. The highest BCUT2D eigenvalue weighted by molar-refractivity contribution is 7.90. The van der Waals surface area contributed by atoms with Gasteiger partial charge in [-0.25, -0.2) is 13.4 Å². The first kappa shape index (κ1) is 14.7. The minimum absolute atomic E-state index is 0.0147. The number of carbonyl (C=O) groups excluding carboxylic acids is 1. The Morgan fingerprint density at radius 3 is 2.61 bits per heavy atom. The van der Waals surface area contributed by atoms with Gasteiger partial charge < -0.3 is 9.88 Å². The Kier molecular flexibility index (Phi) is 4.89. The van der Waals surface area contributed by atoms with Gasteiger partial charge in [0.25, 0.3) is 0 Å². The van der Waals surface area contributed by atoms with Crippen LogP contribution in [0.3, 0.4) is 0 Å². The summed E-state index contributed by atoms with van der Waals surface area (Å²) in [6.45, 7) is 5.00. The molecule has 0 saturated heterocycles. The number of nitrogens with zero attached hydrogens (tertiary/aromatic N) is 2. The van der Waals surface area contributed by atoms with Gasteiger partial charge in [0.2, 0.25) is 5.91 Å². The number of amides is 1. The van der Waals surface area contributed by atoms with E-state index < -0.39 is 9.84 Å². The lowest BCUT2D eigenvalue weighted by Crippen LogP contribution is -2.28. The van der Waals surface area contributed by atoms with Gasteiger partial charge in [0.1, 0.15) is 9.84 Å².